The molecular weight excluding hydrogens is 358 g/mol. The molecule has 0 radical (unpaired) electrons. The van der Waals surface area contributed by atoms with Gasteiger partial charge < -0.3 is 10.1 Å². The summed E-state index contributed by atoms with van der Waals surface area (Å²) in [6.45, 7) is 5.68. The number of halogens is 3. The molecule has 1 unspecified atom stereocenters. The van der Waals surface area contributed by atoms with E-state index in [4.69, 9.17) is 16.3 Å². The predicted molar refractivity (Wildman–Crippen MR) is 99.9 cm³/mol. The van der Waals surface area contributed by atoms with Crippen LogP contribution in [0.25, 0.3) is 0 Å². The number of hydrogen-bond donors (Lipinski definition) is 1. The fourth-order valence-electron chi connectivity index (χ4n) is 3.43. The first-order chi connectivity index (χ1) is 12.6. The highest BCUT2D eigenvalue weighted by molar-refractivity contribution is 6.30. The third-order valence-electron chi connectivity index (χ3n) is 4.56. The van der Waals surface area contributed by atoms with Gasteiger partial charge in [0.15, 0.2) is 0 Å². The molecule has 1 aliphatic heterocycles. The highest BCUT2D eigenvalue weighted by atomic mass is 35.5. The predicted octanol–water partition coefficient (Wildman–Crippen LogP) is 4.40. The molecule has 3 nitrogen and oxygen atoms in total. The van der Waals surface area contributed by atoms with Gasteiger partial charge in [-0.15, -0.1) is 0 Å². The van der Waals surface area contributed by atoms with Crippen LogP contribution in [0.1, 0.15) is 30.5 Å². The second kappa shape index (κ2) is 8.80. The maximum absolute atomic E-state index is 14.7. The van der Waals surface area contributed by atoms with E-state index in [0.717, 1.165) is 44.2 Å². The van der Waals surface area contributed by atoms with Gasteiger partial charge in [-0.2, -0.15) is 0 Å². The minimum Gasteiger partial charge on any atom is -0.494 e. The molecule has 6 heteroatoms. The van der Waals surface area contributed by atoms with Crippen LogP contribution in [0.4, 0.5) is 8.78 Å². The smallest absolute Gasteiger partial charge is 0.131 e. The van der Waals surface area contributed by atoms with Crippen molar-refractivity contribution in [2.24, 2.45) is 0 Å². The van der Waals surface area contributed by atoms with Gasteiger partial charge >= 0.3 is 0 Å². The summed E-state index contributed by atoms with van der Waals surface area (Å²) in [7, 11) is 0. The monoisotopic (exact) mass is 380 g/mol. The molecule has 0 aromatic heterocycles. The van der Waals surface area contributed by atoms with Crippen LogP contribution in [0.3, 0.4) is 0 Å². The van der Waals surface area contributed by atoms with E-state index < -0.39 is 17.7 Å². The number of hydrogen-bond acceptors (Lipinski definition) is 3. The van der Waals surface area contributed by atoms with Crippen molar-refractivity contribution in [1.29, 1.82) is 0 Å². The Balaban J connectivity index is 2.12. The lowest BCUT2D eigenvalue weighted by molar-refractivity contribution is 0.229. The summed E-state index contributed by atoms with van der Waals surface area (Å²) < 4.78 is 34.0. The van der Waals surface area contributed by atoms with Crippen LogP contribution in [-0.2, 0) is 0 Å². The van der Waals surface area contributed by atoms with E-state index in [1.165, 1.54) is 12.1 Å². The van der Waals surface area contributed by atoms with Crippen LogP contribution >= 0.6 is 11.6 Å². The number of ether oxygens (including phenoxy) is 1. The topological polar surface area (TPSA) is 24.5 Å². The van der Waals surface area contributed by atoms with Crippen LogP contribution in [-0.4, -0.2) is 37.7 Å². The van der Waals surface area contributed by atoms with Gasteiger partial charge in [-0.05, 0) is 44.2 Å². The second-order valence-corrected chi connectivity index (χ2v) is 6.76. The van der Waals surface area contributed by atoms with E-state index in [2.05, 4.69) is 10.2 Å². The summed E-state index contributed by atoms with van der Waals surface area (Å²) in [5.74, 6) is -0.476. The van der Waals surface area contributed by atoms with Crippen LogP contribution in [0.5, 0.6) is 5.75 Å². The van der Waals surface area contributed by atoms with Crippen molar-refractivity contribution in [2.45, 2.75) is 19.4 Å². The second-order valence-electron chi connectivity index (χ2n) is 6.32. The van der Waals surface area contributed by atoms with Gasteiger partial charge in [-0.1, -0.05) is 17.7 Å². The Morgan fingerprint density at radius 1 is 1.12 bits per heavy atom. The van der Waals surface area contributed by atoms with Crippen molar-refractivity contribution < 1.29 is 13.5 Å². The van der Waals surface area contributed by atoms with Crippen molar-refractivity contribution in [1.82, 2.24) is 10.2 Å². The molecule has 0 bridgehead atoms. The summed E-state index contributed by atoms with van der Waals surface area (Å²) >= 11 is 6.24. The number of nitrogens with zero attached hydrogens (tertiary/aromatic N) is 1. The third-order valence-corrected chi connectivity index (χ3v) is 4.80. The van der Waals surface area contributed by atoms with Gasteiger partial charge in [0.2, 0.25) is 0 Å². The molecule has 140 valence electrons. The lowest BCUT2D eigenvalue weighted by Gasteiger charge is -2.32. The minimum absolute atomic E-state index is 0.393. The lowest BCUT2D eigenvalue weighted by atomic mass is 9.95. The summed E-state index contributed by atoms with van der Waals surface area (Å²) in [5, 5.41) is 3.92. The summed E-state index contributed by atoms with van der Waals surface area (Å²) in [5.41, 5.74) is 1.23. The average molecular weight is 381 g/mol. The fourth-order valence-corrected chi connectivity index (χ4v) is 3.61. The molecule has 0 spiro atoms. The van der Waals surface area contributed by atoms with E-state index in [1.54, 1.807) is 6.07 Å². The van der Waals surface area contributed by atoms with Crippen molar-refractivity contribution in [3.63, 3.8) is 0 Å². The minimum atomic E-state index is -0.585. The Morgan fingerprint density at radius 2 is 1.96 bits per heavy atom. The molecular formula is C20H23ClF2N2O. The Labute approximate surface area is 157 Å². The average Bonchev–Trinajstić information content (AvgIpc) is 2.89. The van der Waals surface area contributed by atoms with E-state index in [1.807, 2.05) is 19.1 Å². The van der Waals surface area contributed by atoms with E-state index in [-0.39, 0.29) is 0 Å². The SMILES string of the molecule is CCOc1ccc(Cl)cc1C(c1ccc(F)cc1F)N1CCCNCC1. The van der Waals surface area contributed by atoms with Gasteiger partial charge in [-0.25, -0.2) is 8.78 Å². The van der Waals surface area contributed by atoms with E-state index in [9.17, 15) is 8.78 Å². The van der Waals surface area contributed by atoms with Gasteiger partial charge in [0, 0.05) is 41.9 Å². The highest BCUT2D eigenvalue weighted by Gasteiger charge is 2.28. The first-order valence-electron chi connectivity index (χ1n) is 8.92. The molecule has 26 heavy (non-hydrogen) atoms. The fraction of sp³-hybridized carbons (Fsp3) is 0.400. The largest absolute Gasteiger partial charge is 0.494 e. The van der Waals surface area contributed by atoms with Gasteiger partial charge in [0.1, 0.15) is 17.4 Å². The zero-order valence-electron chi connectivity index (χ0n) is 14.8. The zero-order valence-corrected chi connectivity index (χ0v) is 15.5. The van der Waals surface area contributed by atoms with Gasteiger partial charge in [-0.3, -0.25) is 4.90 Å². The van der Waals surface area contributed by atoms with Crippen LogP contribution in [0.2, 0.25) is 5.02 Å². The van der Waals surface area contributed by atoms with E-state index >= 15 is 0 Å². The molecule has 1 N–H and O–H groups in total. The Bertz CT molecular complexity index is 749. The first-order valence-corrected chi connectivity index (χ1v) is 9.30. The molecule has 1 heterocycles. The summed E-state index contributed by atoms with van der Waals surface area (Å²) in [6.07, 6.45) is 0.948. The Kier molecular flexibility index (Phi) is 6.46. The van der Waals surface area contributed by atoms with Crippen LogP contribution in [0, 0.1) is 11.6 Å². The van der Waals surface area contributed by atoms with Crippen molar-refractivity contribution in [3.8, 4) is 5.75 Å². The van der Waals surface area contributed by atoms with Gasteiger partial charge in [0.25, 0.3) is 0 Å². The molecule has 1 saturated heterocycles. The lowest BCUT2D eigenvalue weighted by Crippen LogP contribution is -2.33. The summed E-state index contributed by atoms with van der Waals surface area (Å²) in [4.78, 5) is 2.20. The quantitative estimate of drug-likeness (QED) is 0.832. The summed E-state index contributed by atoms with van der Waals surface area (Å²) in [6, 6.07) is 8.75. The molecule has 0 aliphatic carbocycles. The maximum atomic E-state index is 14.7. The van der Waals surface area contributed by atoms with Crippen molar-refractivity contribution >= 4 is 11.6 Å². The molecule has 1 aliphatic rings. The van der Waals surface area contributed by atoms with Crippen molar-refractivity contribution in [3.05, 3.63) is 64.2 Å². The number of rotatable bonds is 5. The molecule has 1 atom stereocenters. The third kappa shape index (κ3) is 4.34. The molecule has 3 rings (SSSR count). The Morgan fingerprint density at radius 3 is 2.73 bits per heavy atom. The maximum Gasteiger partial charge on any atom is 0.131 e. The zero-order chi connectivity index (χ0) is 18.5. The number of benzene rings is 2. The standard InChI is InChI=1S/C20H23ClF2N2O/c1-2-26-19-7-4-14(21)12-17(19)20(25-10-3-8-24-9-11-25)16-6-5-15(22)13-18(16)23/h4-7,12-13,20,24H,2-3,8-11H2,1H3. The van der Waals surface area contributed by atoms with Crippen LogP contribution < -0.4 is 10.1 Å². The number of nitrogens with one attached hydrogen (secondary N) is 1. The molecule has 2 aromatic rings. The molecule has 0 saturated carbocycles. The normalized spacial score (nSPS) is 16.9. The first kappa shape index (κ1) is 19.1. The van der Waals surface area contributed by atoms with Gasteiger partial charge in [0.05, 0.1) is 12.6 Å². The molecule has 0 amide bonds. The molecule has 2 aromatic carbocycles. The molecule has 1 fully saturated rings. The van der Waals surface area contributed by atoms with Crippen LogP contribution in [0.15, 0.2) is 36.4 Å². The van der Waals surface area contributed by atoms with Crippen molar-refractivity contribution in [2.75, 3.05) is 32.8 Å². The Hall–Kier alpha value is -1.69. The van der Waals surface area contributed by atoms with E-state index in [0.29, 0.717) is 22.9 Å². The highest BCUT2D eigenvalue weighted by Crippen LogP contribution is 2.38.